The van der Waals surface area contributed by atoms with Crippen LogP contribution in [0.15, 0.2) is 48.5 Å². The molecule has 0 aliphatic rings. The molecule has 28 heavy (non-hydrogen) atoms. The normalized spacial score (nSPS) is 11.2. The summed E-state index contributed by atoms with van der Waals surface area (Å²) in [6.07, 6.45) is 1.06. The first-order chi connectivity index (χ1) is 13.1. The van der Waals surface area contributed by atoms with Gasteiger partial charge in [0.15, 0.2) is 0 Å². The third kappa shape index (κ3) is 6.09. The number of rotatable bonds is 7. The first-order valence-corrected chi connectivity index (χ1v) is 10.7. The van der Waals surface area contributed by atoms with Crippen molar-refractivity contribution in [2.24, 2.45) is 0 Å². The predicted octanol–water partition coefficient (Wildman–Crippen LogP) is 3.17. The van der Waals surface area contributed by atoms with Crippen LogP contribution in [0, 0.1) is 0 Å². The van der Waals surface area contributed by atoms with E-state index in [-0.39, 0.29) is 12.5 Å². The van der Waals surface area contributed by atoms with Crippen LogP contribution < -0.4 is 14.9 Å². The molecule has 0 radical (unpaired) electrons. The zero-order chi connectivity index (χ0) is 20.9. The van der Waals surface area contributed by atoms with Gasteiger partial charge >= 0.3 is 0 Å². The number of sulfonamides is 1. The molecule has 0 aromatic heterocycles. The summed E-state index contributed by atoms with van der Waals surface area (Å²) in [5.41, 5.74) is 2.50. The van der Waals surface area contributed by atoms with Crippen molar-refractivity contribution in [1.29, 1.82) is 0 Å². The first kappa shape index (κ1) is 21.4. The number of nitrogens with zero attached hydrogens (tertiary/aromatic N) is 1. The summed E-state index contributed by atoms with van der Waals surface area (Å²) < 4.78 is 25.5. The van der Waals surface area contributed by atoms with E-state index in [4.69, 9.17) is 0 Å². The third-order valence-electron chi connectivity index (χ3n) is 4.00. The molecule has 2 amide bonds. The Morgan fingerprint density at radius 3 is 2.07 bits per heavy atom. The van der Waals surface area contributed by atoms with E-state index >= 15 is 0 Å². The van der Waals surface area contributed by atoms with Gasteiger partial charge in [-0.15, -0.1) is 0 Å². The van der Waals surface area contributed by atoms with Crippen molar-refractivity contribution in [1.82, 2.24) is 0 Å². The summed E-state index contributed by atoms with van der Waals surface area (Å²) >= 11 is 0. The fraction of sp³-hybridized carbons (Fsp3) is 0.300. The van der Waals surface area contributed by atoms with Crippen molar-refractivity contribution in [2.75, 3.05) is 27.7 Å². The molecule has 0 aliphatic heterocycles. The van der Waals surface area contributed by atoms with Gasteiger partial charge < -0.3 is 10.6 Å². The van der Waals surface area contributed by atoms with Crippen molar-refractivity contribution in [2.45, 2.75) is 26.7 Å². The largest absolute Gasteiger partial charge is 0.326 e. The van der Waals surface area contributed by atoms with Gasteiger partial charge in [-0.3, -0.25) is 13.9 Å². The molecule has 0 unspecified atom stereocenters. The summed E-state index contributed by atoms with van der Waals surface area (Å²) in [7, 11) is -3.65. The Labute approximate surface area is 165 Å². The van der Waals surface area contributed by atoms with Crippen LogP contribution >= 0.6 is 0 Å². The molecule has 2 N–H and O–H groups in total. The number of carbonyl (C=O) groups is 2. The van der Waals surface area contributed by atoms with Crippen molar-refractivity contribution >= 4 is 38.9 Å². The van der Waals surface area contributed by atoms with Crippen molar-refractivity contribution in [3.05, 3.63) is 54.1 Å². The van der Waals surface area contributed by atoms with Crippen molar-refractivity contribution < 1.29 is 18.0 Å². The molecule has 8 heteroatoms. The lowest BCUT2D eigenvalue weighted by molar-refractivity contribution is -0.115. The maximum atomic E-state index is 12.4. The molecule has 0 aliphatic carbocycles. The number of nitrogens with one attached hydrogen (secondary N) is 2. The van der Waals surface area contributed by atoms with Crippen LogP contribution in [0.1, 0.15) is 32.3 Å². The minimum Gasteiger partial charge on any atom is -0.326 e. The van der Waals surface area contributed by atoms with Gasteiger partial charge in [0.2, 0.25) is 21.8 Å². The van der Waals surface area contributed by atoms with Crippen LogP contribution in [-0.2, 0) is 19.6 Å². The number of benzene rings is 2. The molecule has 7 nitrogen and oxygen atoms in total. The Bertz CT molecular complexity index is 954. The van der Waals surface area contributed by atoms with Crippen LogP contribution in [0.25, 0.3) is 0 Å². The molecule has 0 atom stereocenters. The lowest BCUT2D eigenvalue weighted by Crippen LogP contribution is -2.37. The number of anilines is 3. The summed E-state index contributed by atoms with van der Waals surface area (Å²) in [4.78, 5) is 23.6. The molecular weight excluding hydrogens is 378 g/mol. The Balaban J connectivity index is 2.17. The second kappa shape index (κ2) is 8.88. The Kier molecular flexibility index (Phi) is 6.80. The highest BCUT2D eigenvalue weighted by atomic mass is 32.2. The second-order valence-corrected chi connectivity index (χ2v) is 8.73. The van der Waals surface area contributed by atoms with Crippen LogP contribution in [0.2, 0.25) is 0 Å². The summed E-state index contributed by atoms with van der Waals surface area (Å²) in [5, 5.41) is 5.29. The van der Waals surface area contributed by atoms with Gasteiger partial charge in [-0.25, -0.2) is 8.42 Å². The van der Waals surface area contributed by atoms with E-state index in [9.17, 15) is 18.0 Å². The number of amides is 2. The zero-order valence-electron chi connectivity index (χ0n) is 16.4. The topological polar surface area (TPSA) is 95.6 Å². The Morgan fingerprint density at radius 2 is 1.57 bits per heavy atom. The highest BCUT2D eigenvalue weighted by molar-refractivity contribution is 7.92. The highest BCUT2D eigenvalue weighted by Gasteiger charge is 2.21. The molecule has 2 rings (SSSR count). The predicted molar refractivity (Wildman–Crippen MR) is 112 cm³/mol. The zero-order valence-corrected chi connectivity index (χ0v) is 17.2. The van der Waals surface area contributed by atoms with Crippen LogP contribution in [-0.4, -0.2) is 33.0 Å². The average molecular weight is 404 g/mol. The molecular formula is C20H25N3O4S. The maximum absolute atomic E-state index is 12.4. The summed E-state index contributed by atoms with van der Waals surface area (Å²) in [6.45, 7) is 5.13. The minimum atomic E-state index is -3.65. The smallest absolute Gasteiger partial charge is 0.245 e. The van der Waals surface area contributed by atoms with Crippen molar-refractivity contribution in [3.8, 4) is 0 Å². The molecule has 150 valence electrons. The van der Waals surface area contributed by atoms with Gasteiger partial charge in [0, 0.05) is 18.3 Å². The third-order valence-corrected chi connectivity index (χ3v) is 5.14. The van der Waals surface area contributed by atoms with Gasteiger partial charge in [0.1, 0.15) is 6.54 Å². The summed E-state index contributed by atoms with van der Waals surface area (Å²) in [5.74, 6) is -0.394. The Hall–Kier alpha value is -2.87. The van der Waals surface area contributed by atoms with Gasteiger partial charge in [0.25, 0.3) is 0 Å². The molecule has 0 spiro atoms. The van der Waals surface area contributed by atoms with E-state index in [0.29, 0.717) is 23.0 Å². The quantitative estimate of drug-likeness (QED) is 0.742. The SMILES string of the molecule is CC(=O)Nc1cccc(NC(=O)CN(c2ccc(C(C)C)cc2)S(C)(=O)=O)c1. The molecule has 2 aromatic rings. The maximum Gasteiger partial charge on any atom is 0.245 e. The van der Waals surface area contributed by atoms with E-state index in [1.165, 1.54) is 6.92 Å². The molecule has 0 fully saturated rings. The fourth-order valence-electron chi connectivity index (χ4n) is 2.63. The van der Waals surface area contributed by atoms with Crippen LogP contribution in [0.5, 0.6) is 0 Å². The minimum absolute atomic E-state index is 0.225. The lowest BCUT2D eigenvalue weighted by atomic mass is 10.0. The molecule has 0 saturated heterocycles. The monoisotopic (exact) mass is 403 g/mol. The van der Waals surface area contributed by atoms with Crippen LogP contribution in [0.4, 0.5) is 17.1 Å². The summed E-state index contributed by atoms with van der Waals surface area (Å²) in [6, 6.07) is 13.7. The van der Waals surface area contributed by atoms with Crippen LogP contribution in [0.3, 0.4) is 0 Å². The Morgan fingerprint density at radius 1 is 1.00 bits per heavy atom. The first-order valence-electron chi connectivity index (χ1n) is 8.81. The highest BCUT2D eigenvalue weighted by Crippen LogP contribution is 2.22. The van der Waals surface area contributed by atoms with Crippen molar-refractivity contribution in [3.63, 3.8) is 0 Å². The van der Waals surface area contributed by atoms with Gasteiger partial charge in [-0.1, -0.05) is 32.0 Å². The van der Waals surface area contributed by atoms with Gasteiger partial charge in [-0.2, -0.15) is 0 Å². The van der Waals surface area contributed by atoms with Gasteiger partial charge in [-0.05, 0) is 41.8 Å². The average Bonchev–Trinajstić information content (AvgIpc) is 2.58. The van der Waals surface area contributed by atoms with E-state index in [1.807, 2.05) is 26.0 Å². The molecule has 0 bridgehead atoms. The van der Waals surface area contributed by atoms with E-state index in [0.717, 1.165) is 16.1 Å². The lowest BCUT2D eigenvalue weighted by Gasteiger charge is -2.22. The molecule has 0 heterocycles. The number of hydrogen-bond acceptors (Lipinski definition) is 4. The fourth-order valence-corrected chi connectivity index (χ4v) is 3.49. The van der Waals surface area contributed by atoms with E-state index in [2.05, 4.69) is 10.6 Å². The number of hydrogen-bond donors (Lipinski definition) is 2. The van der Waals surface area contributed by atoms with E-state index < -0.39 is 15.9 Å². The molecule has 2 aromatic carbocycles. The standard InChI is InChI=1S/C20H25N3O4S/c1-14(2)16-8-10-19(11-9-16)23(28(4,26)27)13-20(25)22-18-7-5-6-17(12-18)21-15(3)24/h5-12,14H,13H2,1-4H3,(H,21,24)(H,22,25). The van der Waals surface area contributed by atoms with E-state index in [1.54, 1.807) is 36.4 Å². The second-order valence-electron chi connectivity index (χ2n) is 6.83. The molecule has 0 saturated carbocycles. The van der Waals surface area contributed by atoms with Gasteiger partial charge in [0.05, 0.1) is 11.9 Å². The number of carbonyl (C=O) groups excluding carboxylic acids is 2.